The van der Waals surface area contributed by atoms with E-state index in [-0.39, 0.29) is 17.6 Å². The first-order valence-electron chi connectivity index (χ1n) is 8.14. The van der Waals surface area contributed by atoms with Crippen molar-refractivity contribution in [2.24, 2.45) is 5.92 Å². The molecular formula is C17H23FN4O2. The van der Waals surface area contributed by atoms with Crippen LogP contribution < -0.4 is 10.6 Å². The Bertz CT molecular complexity index is 748. The highest BCUT2D eigenvalue weighted by Gasteiger charge is 2.32. The number of hydrogen-bond donors (Lipinski definition) is 2. The molecule has 0 radical (unpaired) electrons. The first kappa shape index (κ1) is 16.9. The fourth-order valence-electron chi connectivity index (χ4n) is 3.05. The lowest BCUT2D eigenvalue weighted by Gasteiger charge is -2.27. The number of carbonyl (C=O) groups is 1. The summed E-state index contributed by atoms with van der Waals surface area (Å²) in [5, 5.41) is 6.22. The van der Waals surface area contributed by atoms with Crippen molar-refractivity contribution in [3.8, 4) is 0 Å². The molecule has 24 heavy (non-hydrogen) atoms. The van der Waals surface area contributed by atoms with Gasteiger partial charge in [0.25, 0.3) is 0 Å². The molecule has 3 heterocycles. The van der Waals surface area contributed by atoms with Crippen LogP contribution in [0.25, 0.3) is 5.52 Å². The molecule has 7 heteroatoms. The van der Waals surface area contributed by atoms with Crippen molar-refractivity contribution in [2.45, 2.75) is 26.3 Å². The van der Waals surface area contributed by atoms with Gasteiger partial charge in [0.05, 0.1) is 30.4 Å². The van der Waals surface area contributed by atoms with Gasteiger partial charge in [-0.1, -0.05) is 0 Å². The van der Waals surface area contributed by atoms with Crippen LogP contribution in [0, 0.1) is 18.7 Å². The molecule has 2 N–H and O–H groups in total. The molecule has 1 aliphatic rings. The summed E-state index contributed by atoms with van der Waals surface area (Å²) in [6, 6.07) is 3.04. The van der Waals surface area contributed by atoms with Crippen molar-refractivity contribution in [2.75, 3.05) is 26.3 Å². The number of aryl methyl sites for hydroxylation is 1. The predicted octanol–water partition coefficient (Wildman–Crippen LogP) is 1.37. The van der Waals surface area contributed by atoms with Crippen LogP contribution in [0.3, 0.4) is 0 Å². The molecule has 1 aliphatic heterocycles. The summed E-state index contributed by atoms with van der Waals surface area (Å²) in [7, 11) is 0. The average Bonchev–Trinajstić information content (AvgIpc) is 2.72. The zero-order valence-corrected chi connectivity index (χ0v) is 14.2. The molecule has 2 aromatic heterocycles. The summed E-state index contributed by atoms with van der Waals surface area (Å²) in [5.41, 5.74) is 0.299. The van der Waals surface area contributed by atoms with E-state index >= 15 is 0 Å². The van der Waals surface area contributed by atoms with E-state index in [1.165, 1.54) is 6.07 Å². The van der Waals surface area contributed by atoms with Crippen LogP contribution in [0.1, 0.15) is 25.4 Å². The van der Waals surface area contributed by atoms with E-state index < -0.39 is 5.54 Å². The highest BCUT2D eigenvalue weighted by molar-refractivity contribution is 5.80. The van der Waals surface area contributed by atoms with Crippen LogP contribution in [-0.4, -0.2) is 41.6 Å². The van der Waals surface area contributed by atoms with Gasteiger partial charge in [0.2, 0.25) is 5.91 Å². The van der Waals surface area contributed by atoms with Crippen LogP contribution in [0.5, 0.6) is 0 Å². The van der Waals surface area contributed by atoms with E-state index in [9.17, 15) is 9.18 Å². The molecule has 0 aromatic carbocycles. The molecule has 1 atom stereocenters. The van der Waals surface area contributed by atoms with Crippen LogP contribution in [0.4, 0.5) is 4.39 Å². The highest BCUT2D eigenvalue weighted by Crippen LogP contribution is 2.24. The minimum absolute atomic E-state index is 0.0970. The molecule has 130 valence electrons. The van der Waals surface area contributed by atoms with E-state index in [1.807, 2.05) is 13.8 Å². The number of nitrogens with zero attached hydrogens (tertiary/aromatic N) is 2. The Kier molecular flexibility index (Phi) is 4.56. The number of rotatable bonds is 3. The van der Waals surface area contributed by atoms with Crippen molar-refractivity contribution < 1.29 is 13.9 Å². The summed E-state index contributed by atoms with van der Waals surface area (Å²) >= 11 is 0. The number of ether oxygens (including phenoxy) is 1. The van der Waals surface area contributed by atoms with E-state index in [1.54, 1.807) is 23.6 Å². The zero-order valence-electron chi connectivity index (χ0n) is 14.2. The number of amides is 1. The number of nitrogens with one attached hydrogen (secondary N) is 2. The topological polar surface area (TPSA) is 67.7 Å². The minimum Gasteiger partial charge on any atom is -0.379 e. The number of imidazole rings is 1. The van der Waals surface area contributed by atoms with E-state index in [4.69, 9.17) is 4.74 Å². The van der Waals surface area contributed by atoms with Crippen LogP contribution in [-0.2, 0) is 15.1 Å². The fourth-order valence-corrected chi connectivity index (χ4v) is 3.05. The molecule has 3 rings (SSSR count). The lowest BCUT2D eigenvalue weighted by molar-refractivity contribution is -0.128. The van der Waals surface area contributed by atoms with Gasteiger partial charge in [-0.2, -0.15) is 0 Å². The van der Waals surface area contributed by atoms with Crippen LogP contribution in [0.15, 0.2) is 18.3 Å². The second-order valence-electron chi connectivity index (χ2n) is 6.69. The standard InChI is InChI=1S/C17H23FN4O2/c1-11-14-13(18)5-4-7-22(14)16(20-11)17(2,3)21-15(23)12-9-19-6-8-24-10-12/h4-5,7,12,19H,6,8-10H2,1-3H3,(H,21,23). The van der Waals surface area contributed by atoms with Crippen molar-refractivity contribution in [1.82, 2.24) is 20.0 Å². The van der Waals surface area contributed by atoms with Gasteiger partial charge in [0.15, 0.2) is 0 Å². The van der Waals surface area contributed by atoms with Crippen molar-refractivity contribution in [3.63, 3.8) is 0 Å². The van der Waals surface area contributed by atoms with E-state index in [2.05, 4.69) is 15.6 Å². The van der Waals surface area contributed by atoms with E-state index in [0.717, 1.165) is 6.54 Å². The largest absolute Gasteiger partial charge is 0.379 e. The van der Waals surface area contributed by atoms with Crippen LogP contribution >= 0.6 is 0 Å². The van der Waals surface area contributed by atoms with Gasteiger partial charge < -0.3 is 15.4 Å². The Hall–Kier alpha value is -1.99. The lowest BCUT2D eigenvalue weighted by Crippen LogP contribution is -2.47. The number of fused-ring (bicyclic) bond motifs is 1. The predicted molar refractivity (Wildman–Crippen MR) is 88.2 cm³/mol. The molecule has 1 fully saturated rings. The van der Waals surface area contributed by atoms with Gasteiger partial charge in [-0.15, -0.1) is 0 Å². The Labute approximate surface area is 140 Å². The molecule has 0 aliphatic carbocycles. The third kappa shape index (κ3) is 3.14. The summed E-state index contributed by atoms with van der Waals surface area (Å²) < 4.78 is 21.2. The summed E-state index contributed by atoms with van der Waals surface area (Å²) in [4.78, 5) is 17.1. The Morgan fingerprint density at radius 1 is 1.54 bits per heavy atom. The summed E-state index contributed by atoms with van der Waals surface area (Å²) in [6.07, 6.45) is 1.76. The lowest BCUT2D eigenvalue weighted by atomic mass is 10.0. The molecule has 1 amide bonds. The highest BCUT2D eigenvalue weighted by atomic mass is 19.1. The maximum atomic E-state index is 14.1. The molecule has 2 aromatic rings. The number of pyridine rings is 1. The fraction of sp³-hybridized carbons (Fsp3) is 0.529. The smallest absolute Gasteiger partial charge is 0.227 e. The van der Waals surface area contributed by atoms with Gasteiger partial charge in [0.1, 0.15) is 17.2 Å². The molecule has 6 nitrogen and oxygen atoms in total. The van der Waals surface area contributed by atoms with Gasteiger partial charge in [-0.3, -0.25) is 9.20 Å². The van der Waals surface area contributed by atoms with Crippen molar-refractivity contribution >= 4 is 11.4 Å². The number of hydrogen-bond acceptors (Lipinski definition) is 4. The molecule has 0 saturated carbocycles. The number of aromatic nitrogens is 2. The minimum atomic E-state index is -0.742. The van der Waals surface area contributed by atoms with Crippen molar-refractivity contribution in [3.05, 3.63) is 35.7 Å². The van der Waals surface area contributed by atoms with E-state index in [0.29, 0.717) is 36.8 Å². The summed E-state index contributed by atoms with van der Waals surface area (Å²) in [5.74, 6) is -0.0707. The Morgan fingerprint density at radius 3 is 3.12 bits per heavy atom. The van der Waals surface area contributed by atoms with Crippen LogP contribution in [0.2, 0.25) is 0 Å². The first-order chi connectivity index (χ1) is 11.4. The van der Waals surface area contributed by atoms with Crippen molar-refractivity contribution in [1.29, 1.82) is 0 Å². The SMILES string of the molecule is Cc1nc(C(C)(C)NC(=O)C2CNCCOC2)n2cccc(F)c12. The normalized spacial score (nSPS) is 19.2. The molecule has 0 spiro atoms. The zero-order chi connectivity index (χ0) is 17.3. The van der Waals surface area contributed by atoms with Gasteiger partial charge >= 0.3 is 0 Å². The Balaban J connectivity index is 1.88. The van der Waals surface area contributed by atoms with Gasteiger partial charge in [-0.05, 0) is 32.9 Å². The third-order valence-electron chi connectivity index (χ3n) is 4.29. The molecular weight excluding hydrogens is 311 g/mol. The monoisotopic (exact) mass is 334 g/mol. The molecule has 1 unspecified atom stereocenters. The summed E-state index contributed by atoms with van der Waals surface area (Å²) in [6.45, 7) is 7.84. The maximum Gasteiger partial charge on any atom is 0.227 e. The number of halogens is 1. The van der Waals surface area contributed by atoms with Gasteiger partial charge in [-0.25, -0.2) is 9.37 Å². The third-order valence-corrected chi connectivity index (χ3v) is 4.29. The second-order valence-corrected chi connectivity index (χ2v) is 6.69. The van der Waals surface area contributed by atoms with Gasteiger partial charge in [0, 0.05) is 19.3 Å². The maximum absolute atomic E-state index is 14.1. The number of carbonyl (C=O) groups excluding carboxylic acids is 1. The molecule has 1 saturated heterocycles. The Morgan fingerprint density at radius 2 is 2.33 bits per heavy atom. The molecule has 0 bridgehead atoms. The first-order valence-corrected chi connectivity index (χ1v) is 8.14. The average molecular weight is 334 g/mol. The quantitative estimate of drug-likeness (QED) is 0.890. The second kappa shape index (κ2) is 6.49.